The molecule has 0 unspecified atom stereocenters. The quantitative estimate of drug-likeness (QED) is 0.132. The SMILES string of the molecule is C=C/C(=C\C=C\c1ccccc1)N(c1ccc(-c2ccccc2)cc1)c1ccc2c(c1)c1cc(-c3ccc4c(c3)c3cccc5c6ccccc6n4c53)ccc1n2-c1ccccc1. The average molecular weight is 804 g/mol. The standard InChI is InChI=1S/C60H41N3/c1-2-46(23-14-18-41-16-6-3-7-17-41)61(48-32-28-43(29-33-48)42-19-8-4-9-20-42)49-34-37-58-55(40-49)54-39-45(30-35-57(54)62(58)47-21-10-5-11-22-47)44-31-36-59-53(38-44)52-26-15-25-51-50-24-12-13-27-56(50)63(59)60(51)52/h2-40H,1H2/b18-14+,46-23+. The monoisotopic (exact) mass is 803 g/mol. The van der Waals surface area contributed by atoms with Gasteiger partial charge in [0, 0.05) is 55.1 Å². The number of benzene rings is 9. The van der Waals surface area contributed by atoms with Crippen LogP contribution in [0.2, 0.25) is 0 Å². The molecule has 0 fully saturated rings. The Morgan fingerprint density at radius 3 is 1.67 bits per heavy atom. The van der Waals surface area contributed by atoms with Crippen molar-refractivity contribution in [3.05, 3.63) is 248 Å². The zero-order valence-electron chi connectivity index (χ0n) is 34.6. The van der Waals surface area contributed by atoms with Crippen LogP contribution in [0.15, 0.2) is 243 Å². The minimum Gasteiger partial charge on any atom is -0.311 e. The molecule has 0 N–H and O–H groups in total. The van der Waals surface area contributed by atoms with Crippen LogP contribution in [-0.2, 0) is 0 Å². The summed E-state index contributed by atoms with van der Waals surface area (Å²) in [7, 11) is 0. The van der Waals surface area contributed by atoms with Crippen molar-refractivity contribution in [3.63, 3.8) is 0 Å². The lowest BCUT2D eigenvalue weighted by Gasteiger charge is -2.26. The zero-order chi connectivity index (χ0) is 41.9. The van der Waals surface area contributed by atoms with E-state index >= 15 is 0 Å². The molecule has 3 aromatic heterocycles. The van der Waals surface area contributed by atoms with Gasteiger partial charge in [0.1, 0.15) is 0 Å². The Labute approximate surface area is 366 Å². The summed E-state index contributed by atoms with van der Waals surface area (Å²) in [5.74, 6) is 0. The van der Waals surface area contributed by atoms with Crippen molar-refractivity contribution < 1.29 is 0 Å². The summed E-state index contributed by atoms with van der Waals surface area (Å²) in [6, 6.07) is 76.8. The van der Waals surface area contributed by atoms with Crippen LogP contribution in [0.3, 0.4) is 0 Å². The summed E-state index contributed by atoms with van der Waals surface area (Å²) in [5, 5.41) is 7.53. The first-order valence-corrected chi connectivity index (χ1v) is 21.5. The van der Waals surface area contributed by atoms with E-state index in [0.29, 0.717) is 0 Å². The van der Waals surface area contributed by atoms with Crippen LogP contribution in [0.25, 0.3) is 93.9 Å². The van der Waals surface area contributed by atoms with Gasteiger partial charge in [0.05, 0.1) is 27.6 Å². The van der Waals surface area contributed by atoms with E-state index < -0.39 is 0 Å². The zero-order valence-corrected chi connectivity index (χ0v) is 34.6. The van der Waals surface area contributed by atoms with Crippen molar-refractivity contribution >= 4 is 77.4 Å². The van der Waals surface area contributed by atoms with Crippen molar-refractivity contribution in [1.29, 1.82) is 0 Å². The maximum Gasteiger partial charge on any atom is 0.0620 e. The highest BCUT2D eigenvalue weighted by molar-refractivity contribution is 6.23. The molecule has 0 aliphatic carbocycles. The maximum absolute atomic E-state index is 4.34. The number of hydrogen-bond acceptors (Lipinski definition) is 1. The highest BCUT2D eigenvalue weighted by Crippen LogP contribution is 2.43. The normalized spacial score (nSPS) is 12.2. The number of para-hydroxylation sites is 3. The largest absolute Gasteiger partial charge is 0.311 e. The van der Waals surface area contributed by atoms with E-state index in [2.05, 4.69) is 245 Å². The lowest BCUT2D eigenvalue weighted by Crippen LogP contribution is -2.15. The molecular weight excluding hydrogens is 763 g/mol. The summed E-state index contributed by atoms with van der Waals surface area (Å²) in [4.78, 5) is 2.31. The topological polar surface area (TPSA) is 12.6 Å². The number of allylic oxidation sites excluding steroid dienone is 3. The molecule has 9 aromatic carbocycles. The van der Waals surface area contributed by atoms with Gasteiger partial charge >= 0.3 is 0 Å². The Morgan fingerprint density at radius 2 is 0.937 bits per heavy atom. The Kier molecular flexibility index (Phi) is 8.65. The molecular formula is C60H41N3. The number of hydrogen-bond donors (Lipinski definition) is 0. The lowest BCUT2D eigenvalue weighted by atomic mass is 10.00. The minimum absolute atomic E-state index is 0.966. The minimum atomic E-state index is 0.966. The van der Waals surface area contributed by atoms with E-state index in [1.165, 1.54) is 71.1 Å². The molecule has 3 heteroatoms. The average Bonchev–Trinajstić information content (AvgIpc) is 3.99. The molecule has 0 radical (unpaired) electrons. The smallest absolute Gasteiger partial charge is 0.0620 e. The first kappa shape index (κ1) is 36.5. The highest BCUT2D eigenvalue weighted by Gasteiger charge is 2.20. The molecule has 0 aliphatic rings. The van der Waals surface area contributed by atoms with Crippen molar-refractivity contribution in [2.75, 3.05) is 4.90 Å². The third kappa shape index (κ3) is 6.05. The molecule has 12 rings (SSSR count). The Balaban J connectivity index is 1.04. The Morgan fingerprint density at radius 1 is 0.413 bits per heavy atom. The summed E-state index contributed by atoms with van der Waals surface area (Å²) in [6.07, 6.45) is 8.34. The number of fused-ring (bicyclic) bond motifs is 9. The Bertz CT molecular complexity index is 3720. The van der Waals surface area contributed by atoms with Crippen molar-refractivity contribution in [2.45, 2.75) is 0 Å². The van der Waals surface area contributed by atoms with Gasteiger partial charge in [0.2, 0.25) is 0 Å². The second kappa shape index (κ2) is 14.9. The van der Waals surface area contributed by atoms with Gasteiger partial charge in [0.15, 0.2) is 0 Å². The molecule has 0 aliphatic heterocycles. The lowest BCUT2D eigenvalue weighted by molar-refractivity contribution is 1.18. The van der Waals surface area contributed by atoms with E-state index in [1.807, 2.05) is 12.1 Å². The van der Waals surface area contributed by atoms with E-state index in [4.69, 9.17) is 0 Å². The summed E-state index contributed by atoms with van der Waals surface area (Å²) in [5.41, 5.74) is 16.2. The number of nitrogens with zero attached hydrogens (tertiary/aromatic N) is 3. The molecule has 12 aromatic rings. The fourth-order valence-electron chi connectivity index (χ4n) is 9.73. The fourth-order valence-corrected chi connectivity index (χ4v) is 9.73. The predicted octanol–water partition coefficient (Wildman–Crippen LogP) is 16.2. The van der Waals surface area contributed by atoms with Gasteiger partial charge < -0.3 is 13.9 Å². The van der Waals surface area contributed by atoms with Crippen LogP contribution in [0, 0.1) is 0 Å². The third-order valence-corrected chi connectivity index (χ3v) is 12.6. The van der Waals surface area contributed by atoms with Gasteiger partial charge in [-0.05, 0) is 113 Å². The molecule has 0 atom stereocenters. The summed E-state index contributed by atoms with van der Waals surface area (Å²) < 4.78 is 4.84. The molecule has 0 saturated carbocycles. The van der Waals surface area contributed by atoms with Crippen molar-refractivity contribution in [2.24, 2.45) is 0 Å². The van der Waals surface area contributed by atoms with Gasteiger partial charge in [-0.25, -0.2) is 0 Å². The first-order valence-electron chi connectivity index (χ1n) is 21.5. The second-order valence-electron chi connectivity index (χ2n) is 16.2. The second-order valence-corrected chi connectivity index (χ2v) is 16.2. The third-order valence-electron chi connectivity index (χ3n) is 12.6. The molecule has 0 saturated heterocycles. The van der Waals surface area contributed by atoms with Gasteiger partial charge in [-0.2, -0.15) is 0 Å². The molecule has 3 nitrogen and oxygen atoms in total. The number of aromatic nitrogens is 2. The van der Waals surface area contributed by atoms with E-state index in [9.17, 15) is 0 Å². The number of rotatable bonds is 9. The molecule has 3 heterocycles. The highest BCUT2D eigenvalue weighted by atomic mass is 15.1. The summed E-state index contributed by atoms with van der Waals surface area (Å²) in [6.45, 7) is 4.34. The first-order chi connectivity index (χ1) is 31.2. The van der Waals surface area contributed by atoms with E-state index in [1.54, 1.807) is 0 Å². The van der Waals surface area contributed by atoms with Gasteiger partial charge in [-0.1, -0.05) is 158 Å². The van der Waals surface area contributed by atoms with Crippen molar-refractivity contribution in [3.8, 4) is 27.9 Å². The van der Waals surface area contributed by atoms with Gasteiger partial charge in [-0.15, -0.1) is 0 Å². The number of anilines is 2. The van der Waals surface area contributed by atoms with Crippen LogP contribution >= 0.6 is 0 Å². The van der Waals surface area contributed by atoms with Crippen LogP contribution < -0.4 is 4.90 Å². The van der Waals surface area contributed by atoms with Crippen molar-refractivity contribution in [1.82, 2.24) is 8.97 Å². The van der Waals surface area contributed by atoms with Crippen LogP contribution in [0.5, 0.6) is 0 Å². The summed E-state index contributed by atoms with van der Waals surface area (Å²) >= 11 is 0. The molecule has 63 heavy (non-hydrogen) atoms. The predicted molar refractivity (Wildman–Crippen MR) is 269 cm³/mol. The van der Waals surface area contributed by atoms with Crippen LogP contribution in [0.1, 0.15) is 5.56 Å². The molecule has 0 bridgehead atoms. The molecule has 296 valence electrons. The molecule has 0 spiro atoms. The fraction of sp³-hybridized carbons (Fsp3) is 0. The van der Waals surface area contributed by atoms with Gasteiger partial charge in [-0.3, -0.25) is 0 Å². The van der Waals surface area contributed by atoms with Crippen LogP contribution in [0.4, 0.5) is 11.4 Å². The Hall–Kier alpha value is -8.40. The van der Waals surface area contributed by atoms with E-state index in [0.717, 1.165) is 39.4 Å². The van der Waals surface area contributed by atoms with Crippen LogP contribution in [-0.4, -0.2) is 8.97 Å². The van der Waals surface area contributed by atoms with Gasteiger partial charge in [0.25, 0.3) is 0 Å². The maximum atomic E-state index is 4.34. The van der Waals surface area contributed by atoms with E-state index in [-0.39, 0.29) is 0 Å². The molecule has 0 amide bonds.